The van der Waals surface area contributed by atoms with E-state index < -0.39 is 20.9 Å². The quantitative estimate of drug-likeness (QED) is 0.793. The Morgan fingerprint density at radius 1 is 1.35 bits per heavy atom. The highest BCUT2D eigenvalue weighted by Crippen LogP contribution is 2.38. The lowest BCUT2D eigenvalue weighted by Gasteiger charge is -2.40. The molecule has 0 amide bonds. The van der Waals surface area contributed by atoms with E-state index in [1.807, 2.05) is 7.05 Å². The van der Waals surface area contributed by atoms with Crippen LogP contribution in [0.3, 0.4) is 0 Å². The van der Waals surface area contributed by atoms with Crippen molar-refractivity contribution in [2.24, 2.45) is 0 Å². The van der Waals surface area contributed by atoms with Crippen molar-refractivity contribution in [1.82, 2.24) is 5.32 Å². The summed E-state index contributed by atoms with van der Waals surface area (Å²) in [7, 11) is -1.25. The number of sulfone groups is 1. The van der Waals surface area contributed by atoms with Gasteiger partial charge in [0.05, 0.1) is 18.5 Å². The van der Waals surface area contributed by atoms with Crippen molar-refractivity contribution >= 4 is 9.84 Å². The van der Waals surface area contributed by atoms with Gasteiger partial charge in [-0.3, -0.25) is 0 Å². The second-order valence-electron chi connectivity index (χ2n) is 4.74. The molecule has 17 heavy (non-hydrogen) atoms. The fraction of sp³-hybridized carbons (Fsp3) is 1.00. The number of nitrogens with one attached hydrogen (secondary N) is 1. The predicted molar refractivity (Wildman–Crippen MR) is 64.6 cm³/mol. The van der Waals surface area contributed by atoms with Gasteiger partial charge in [-0.25, -0.2) is 8.42 Å². The second-order valence-corrected chi connectivity index (χ2v) is 7.24. The minimum Gasteiger partial charge on any atom is -0.347 e. The third-order valence-corrected chi connectivity index (χ3v) is 6.07. The zero-order valence-corrected chi connectivity index (χ0v) is 11.3. The van der Waals surface area contributed by atoms with Gasteiger partial charge in [0.15, 0.2) is 15.6 Å². The molecule has 100 valence electrons. The highest BCUT2D eigenvalue weighted by Gasteiger charge is 2.48. The topological polar surface area (TPSA) is 64.6 Å². The van der Waals surface area contributed by atoms with Gasteiger partial charge in [0.2, 0.25) is 0 Å². The van der Waals surface area contributed by atoms with Gasteiger partial charge in [0.1, 0.15) is 0 Å². The van der Waals surface area contributed by atoms with E-state index in [1.54, 1.807) is 6.92 Å². The normalized spacial score (nSPS) is 33.1. The molecule has 0 aromatic rings. The zero-order chi connectivity index (χ0) is 12.5. The molecule has 6 heteroatoms. The minimum atomic E-state index is -3.07. The Labute approximate surface area is 103 Å². The van der Waals surface area contributed by atoms with E-state index in [1.165, 1.54) is 0 Å². The summed E-state index contributed by atoms with van der Waals surface area (Å²) in [4.78, 5) is 0. The standard InChI is InChI=1S/C11H21NO4S/c1-3-17(13,14)10-8-11(15-6-7-16-11)5-4-9(10)12-2/h9-10,12H,3-8H2,1-2H3. The van der Waals surface area contributed by atoms with Crippen molar-refractivity contribution in [3.8, 4) is 0 Å². The van der Waals surface area contributed by atoms with Crippen molar-refractivity contribution in [3.05, 3.63) is 0 Å². The molecule has 0 aromatic carbocycles. The first-order chi connectivity index (χ1) is 8.03. The molecule has 0 aromatic heterocycles. The number of rotatable bonds is 3. The van der Waals surface area contributed by atoms with Crippen molar-refractivity contribution in [3.63, 3.8) is 0 Å². The molecule has 1 N–H and O–H groups in total. The van der Waals surface area contributed by atoms with Gasteiger partial charge in [0.25, 0.3) is 0 Å². The smallest absolute Gasteiger partial charge is 0.169 e. The Balaban J connectivity index is 2.20. The van der Waals surface area contributed by atoms with Crippen molar-refractivity contribution in [2.75, 3.05) is 26.0 Å². The van der Waals surface area contributed by atoms with Crippen LogP contribution in [0.4, 0.5) is 0 Å². The summed E-state index contributed by atoms with van der Waals surface area (Å²) in [5.41, 5.74) is 0. The fourth-order valence-corrected chi connectivity index (χ4v) is 4.50. The molecule has 1 spiro atoms. The van der Waals surface area contributed by atoms with Crippen LogP contribution in [0.2, 0.25) is 0 Å². The Bertz CT molecular complexity index is 362. The van der Waals surface area contributed by atoms with E-state index in [9.17, 15) is 8.42 Å². The van der Waals surface area contributed by atoms with Gasteiger partial charge in [-0.05, 0) is 13.5 Å². The SMILES string of the molecule is CCS(=O)(=O)C1CC2(CCC1NC)OCCO2. The van der Waals surface area contributed by atoms with Crippen LogP contribution >= 0.6 is 0 Å². The fourth-order valence-electron chi connectivity index (χ4n) is 2.79. The van der Waals surface area contributed by atoms with Crippen molar-refractivity contribution in [1.29, 1.82) is 0 Å². The van der Waals surface area contributed by atoms with Gasteiger partial charge in [0, 0.05) is 24.6 Å². The van der Waals surface area contributed by atoms with E-state index in [2.05, 4.69) is 5.32 Å². The molecule has 1 aliphatic heterocycles. The molecule has 2 fully saturated rings. The highest BCUT2D eigenvalue weighted by molar-refractivity contribution is 7.92. The van der Waals surface area contributed by atoms with Crippen LogP contribution in [0, 0.1) is 0 Å². The lowest BCUT2D eigenvalue weighted by Crippen LogP contribution is -2.53. The number of hydrogen-bond acceptors (Lipinski definition) is 5. The Kier molecular flexibility index (Phi) is 3.77. The molecule has 2 aliphatic rings. The van der Waals surface area contributed by atoms with Gasteiger partial charge in [-0.1, -0.05) is 6.92 Å². The average molecular weight is 263 g/mol. The monoisotopic (exact) mass is 263 g/mol. The van der Waals surface area contributed by atoms with Crippen LogP contribution in [0.15, 0.2) is 0 Å². The second kappa shape index (κ2) is 4.84. The maximum atomic E-state index is 12.1. The van der Waals surface area contributed by atoms with Crippen molar-refractivity contribution in [2.45, 2.75) is 43.3 Å². The lowest BCUT2D eigenvalue weighted by atomic mass is 9.89. The summed E-state index contributed by atoms with van der Waals surface area (Å²) >= 11 is 0. The van der Waals surface area contributed by atoms with Gasteiger partial charge >= 0.3 is 0 Å². The first-order valence-electron chi connectivity index (χ1n) is 6.20. The minimum absolute atomic E-state index is 0.0124. The van der Waals surface area contributed by atoms with E-state index in [4.69, 9.17) is 9.47 Å². The van der Waals surface area contributed by atoms with E-state index in [0.717, 1.165) is 12.8 Å². The van der Waals surface area contributed by atoms with E-state index in [-0.39, 0.29) is 11.8 Å². The molecule has 1 heterocycles. The van der Waals surface area contributed by atoms with Crippen LogP contribution in [0.1, 0.15) is 26.2 Å². The van der Waals surface area contributed by atoms with E-state index >= 15 is 0 Å². The molecule has 0 bridgehead atoms. The van der Waals surface area contributed by atoms with Gasteiger partial charge in [-0.15, -0.1) is 0 Å². The third kappa shape index (κ3) is 2.50. The Morgan fingerprint density at radius 2 is 2.00 bits per heavy atom. The van der Waals surface area contributed by atoms with E-state index in [0.29, 0.717) is 19.6 Å². The lowest BCUT2D eigenvalue weighted by molar-refractivity contribution is -0.178. The summed E-state index contributed by atoms with van der Waals surface area (Å²) < 4.78 is 35.5. The maximum Gasteiger partial charge on any atom is 0.169 e. The third-order valence-electron chi connectivity index (χ3n) is 3.85. The first kappa shape index (κ1) is 13.3. The molecule has 1 saturated heterocycles. The van der Waals surface area contributed by atoms with Crippen LogP contribution < -0.4 is 5.32 Å². The summed E-state index contributed by atoms with van der Waals surface area (Å²) in [6, 6.07) is 0.0124. The van der Waals surface area contributed by atoms with Crippen molar-refractivity contribution < 1.29 is 17.9 Å². The molecule has 2 rings (SSSR count). The molecule has 2 unspecified atom stereocenters. The van der Waals surface area contributed by atoms with Gasteiger partial charge in [-0.2, -0.15) is 0 Å². The molecule has 2 atom stereocenters. The Morgan fingerprint density at radius 3 is 2.53 bits per heavy atom. The molecular formula is C11H21NO4S. The van der Waals surface area contributed by atoms with Crippen LogP contribution in [0.5, 0.6) is 0 Å². The highest BCUT2D eigenvalue weighted by atomic mass is 32.2. The summed E-state index contributed by atoms with van der Waals surface area (Å²) in [6.45, 7) is 2.84. The largest absolute Gasteiger partial charge is 0.347 e. The maximum absolute atomic E-state index is 12.1. The number of hydrogen-bond donors (Lipinski definition) is 1. The molecule has 0 radical (unpaired) electrons. The first-order valence-corrected chi connectivity index (χ1v) is 7.91. The number of ether oxygens (including phenoxy) is 2. The molecule has 1 saturated carbocycles. The zero-order valence-electron chi connectivity index (χ0n) is 10.4. The molecular weight excluding hydrogens is 242 g/mol. The van der Waals surface area contributed by atoms with Crippen LogP contribution in [0.25, 0.3) is 0 Å². The molecule has 5 nitrogen and oxygen atoms in total. The van der Waals surface area contributed by atoms with Crippen LogP contribution in [-0.4, -0.2) is 51.5 Å². The summed E-state index contributed by atoms with van der Waals surface area (Å²) in [5, 5.41) is 2.71. The summed E-state index contributed by atoms with van der Waals surface area (Å²) in [6.07, 6.45) is 2.00. The molecule has 1 aliphatic carbocycles. The average Bonchev–Trinajstić information content (AvgIpc) is 2.77. The predicted octanol–water partition coefficient (Wildman–Crippen LogP) is 0.305. The summed E-state index contributed by atoms with van der Waals surface area (Å²) in [5.74, 6) is -0.466. The Hall–Kier alpha value is -0.170. The van der Waals surface area contributed by atoms with Crippen LogP contribution in [-0.2, 0) is 19.3 Å². The van der Waals surface area contributed by atoms with Gasteiger partial charge < -0.3 is 14.8 Å².